The number of carbonyl (C=O) groups excluding carboxylic acids is 1. The summed E-state index contributed by atoms with van der Waals surface area (Å²) in [5.74, 6) is 2.92. The number of nitrogens with one attached hydrogen (secondary N) is 2. The Hall–Kier alpha value is -2.75. The molecule has 10 heteroatoms. The first-order chi connectivity index (χ1) is 19.3. The molecular weight excluding hydrogens is 534 g/mol. The highest BCUT2D eigenvalue weighted by Crippen LogP contribution is 2.45. The number of benzene rings is 1. The molecular formula is C30H38ClN3O6. The molecule has 6 rings (SSSR count). The number of aromatic nitrogens is 1. The van der Waals surface area contributed by atoms with Gasteiger partial charge in [0.05, 0.1) is 37.5 Å². The number of halogens is 1. The Balaban J connectivity index is 1.11. The average molecular weight is 572 g/mol. The van der Waals surface area contributed by atoms with Crippen molar-refractivity contribution in [2.45, 2.75) is 58.2 Å². The number of carbonyl (C=O) groups is 1. The van der Waals surface area contributed by atoms with Crippen molar-refractivity contribution in [1.82, 2.24) is 15.2 Å². The number of hydrogen-bond donors (Lipinski definition) is 2. The van der Waals surface area contributed by atoms with Gasteiger partial charge in [-0.2, -0.15) is 0 Å². The van der Waals surface area contributed by atoms with E-state index >= 15 is 0 Å². The fraction of sp³-hybridized carbons (Fsp3) is 0.600. The molecule has 9 nitrogen and oxygen atoms in total. The Morgan fingerprint density at radius 2 is 1.80 bits per heavy atom. The minimum Gasteiger partial charge on any atom is -0.496 e. The van der Waals surface area contributed by atoms with Crippen LogP contribution in [0.2, 0.25) is 5.02 Å². The first-order valence-corrected chi connectivity index (χ1v) is 14.7. The number of H-pyrrole nitrogens is 1. The van der Waals surface area contributed by atoms with Crippen LogP contribution in [-0.2, 0) is 11.3 Å². The number of pyridine rings is 1. The monoisotopic (exact) mass is 571 g/mol. The first kappa shape index (κ1) is 27.4. The molecule has 0 bridgehead atoms. The van der Waals surface area contributed by atoms with E-state index in [4.69, 9.17) is 30.5 Å². The molecule has 4 heterocycles. The van der Waals surface area contributed by atoms with E-state index in [-0.39, 0.29) is 24.1 Å². The Kier molecular flexibility index (Phi) is 7.72. The highest BCUT2D eigenvalue weighted by molar-refractivity contribution is 6.32. The highest BCUT2D eigenvalue weighted by atomic mass is 35.5. The number of fused-ring (bicyclic) bond motifs is 2. The molecule has 40 heavy (non-hydrogen) atoms. The summed E-state index contributed by atoms with van der Waals surface area (Å²) in [6, 6.07) is 3.98. The number of aromatic amines is 1. The largest absolute Gasteiger partial charge is 0.496 e. The van der Waals surface area contributed by atoms with Crippen molar-refractivity contribution < 1.29 is 23.7 Å². The summed E-state index contributed by atoms with van der Waals surface area (Å²) >= 11 is 6.56. The van der Waals surface area contributed by atoms with E-state index < -0.39 is 0 Å². The second-order valence-electron chi connectivity index (χ2n) is 11.7. The van der Waals surface area contributed by atoms with Crippen molar-refractivity contribution in [3.05, 3.63) is 49.9 Å². The van der Waals surface area contributed by atoms with Crippen LogP contribution >= 0.6 is 11.6 Å². The van der Waals surface area contributed by atoms with Crippen molar-refractivity contribution in [2.24, 2.45) is 17.8 Å². The molecule has 2 unspecified atom stereocenters. The van der Waals surface area contributed by atoms with Crippen LogP contribution < -0.4 is 25.1 Å². The van der Waals surface area contributed by atoms with Crippen molar-refractivity contribution in [2.75, 3.05) is 40.0 Å². The number of methoxy groups -OCH3 is 1. The average Bonchev–Trinajstić information content (AvgIpc) is 3.57. The maximum Gasteiger partial charge on any atom is 0.256 e. The molecule has 2 aromatic rings. The summed E-state index contributed by atoms with van der Waals surface area (Å²) in [5.41, 5.74) is 1.80. The fourth-order valence-corrected chi connectivity index (χ4v) is 7.21. The third kappa shape index (κ3) is 5.19. The van der Waals surface area contributed by atoms with Gasteiger partial charge in [-0.1, -0.05) is 11.6 Å². The van der Waals surface area contributed by atoms with E-state index in [2.05, 4.69) is 15.2 Å². The number of aryl methyl sites for hydroxylation is 1. The number of hydrogen-bond acceptors (Lipinski definition) is 7. The maximum atomic E-state index is 13.2. The summed E-state index contributed by atoms with van der Waals surface area (Å²) in [5, 5.41) is 3.17. The lowest BCUT2D eigenvalue weighted by Gasteiger charge is -2.39. The number of nitrogens with zero attached hydrogens (tertiary/aromatic N) is 1. The molecule has 1 saturated carbocycles. The van der Waals surface area contributed by atoms with Crippen LogP contribution in [0.5, 0.6) is 17.2 Å². The minimum atomic E-state index is -0.351. The van der Waals surface area contributed by atoms with Gasteiger partial charge in [-0.05, 0) is 57.6 Å². The van der Waals surface area contributed by atoms with Gasteiger partial charge in [0, 0.05) is 47.8 Å². The Morgan fingerprint density at radius 1 is 1.07 bits per heavy atom. The molecule has 2 N–H and O–H groups in total. The van der Waals surface area contributed by atoms with Crippen LogP contribution in [-0.4, -0.2) is 68.0 Å². The zero-order valence-electron chi connectivity index (χ0n) is 23.4. The SMILES string of the molecule is COc1cc(C)[nH]c(=O)c1CNC(=O)c1cc(Cl)c2c(c1C)O[C@@H]([C@H]1CC[C@@H](N3CC4COCC4C3)CC1)CO2. The van der Waals surface area contributed by atoms with Crippen LogP contribution in [0.25, 0.3) is 0 Å². The molecule has 3 aliphatic heterocycles. The molecule has 0 radical (unpaired) electrons. The van der Waals surface area contributed by atoms with Crippen molar-refractivity contribution in [1.29, 1.82) is 0 Å². The molecule has 3 fully saturated rings. The zero-order valence-corrected chi connectivity index (χ0v) is 24.1. The molecule has 1 amide bonds. The van der Waals surface area contributed by atoms with E-state index in [9.17, 15) is 9.59 Å². The lowest BCUT2D eigenvalue weighted by atomic mass is 9.82. The third-order valence-electron chi connectivity index (χ3n) is 9.27. The van der Waals surface area contributed by atoms with Gasteiger partial charge >= 0.3 is 0 Å². The standard InChI is InChI=1S/C30H38ClN3O6/c1-16-8-25(37-3)23(30(36)33-16)10-32-29(35)22-9-24(31)28-27(17(22)2)40-26(15-39-28)18-4-6-21(7-5-18)34-11-19-13-38-14-20(19)12-34/h8-9,18-21,26H,4-7,10-15H2,1-3H3,(H,32,35)(H,33,36)/t18-,19?,20?,21+,26-/m1/s1. The normalized spacial score (nSPS) is 27.9. The Morgan fingerprint density at radius 3 is 2.50 bits per heavy atom. The molecule has 216 valence electrons. The van der Waals surface area contributed by atoms with Gasteiger partial charge in [0.1, 0.15) is 18.5 Å². The predicted molar refractivity (Wildman–Crippen MR) is 151 cm³/mol. The van der Waals surface area contributed by atoms with Crippen molar-refractivity contribution in [3.8, 4) is 17.2 Å². The van der Waals surface area contributed by atoms with Crippen LogP contribution in [0.4, 0.5) is 0 Å². The van der Waals surface area contributed by atoms with Crippen LogP contribution in [0, 0.1) is 31.6 Å². The molecule has 1 aromatic heterocycles. The minimum absolute atomic E-state index is 0.0144. The molecule has 0 spiro atoms. The predicted octanol–water partition coefficient (Wildman–Crippen LogP) is 3.86. The first-order valence-electron chi connectivity index (χ1n) is 14.3. The van der Waals surface area contributed by atoms with Crippen LogP contribution in [0.3, 0.4) is 0 Å². The van der Waals surface area contributed by atoms with Crippen molar-refractivity contribution >= 4 is 17.5 Å². The summed E-state index contributed by atoms with van der Waals surface area (Å²) in [6.45, 7) is 8.27. The van der Waals surface area contributed by atoms with Crippen LogP contribution in [0.15, 0.2) is 16.9 Å². The van der Waals surface area contributed by atoms with Gasteiger partial charge in [0.2, 0.25) is 0 Å². The molecule has 1 aromatic carbocycles. The van der Waals surface area contributed by atoms with Gasteiger partial charge in [-0.3, -0.25) is 14.5 Å². The summed E-state index contributed by atoms with van der Waals surface area (Å²) in [7, 11) is 1.50. The van der Waals surface area contributed by atoms with Crippen molar-refractivity contribution in [3.63, 3.8) is 0 Å². The fourth-order valence-electron chi connectivity index (χ4n) is 6.96. The van der Waals surface area contributed by atoms with Gasteiger partial charge < -0.3 is 29.2 Å². The summed E-state index contributed by atoms with van der Waals surface area (Å²) in [4.78, 5) is 31.1. The number of rotatable bonds is 6. The molecule has 2 saturated heterocycles. The third-order valence-corrected chi connectivity index (χ3v) is 9.55. The van der Waals surface area contributed by atoms with E-state index in [0.717, 1.165) is 26.1 Å². The zero-order chi connectivity index (χ0) is 28.0. The van der Waals surface area contributed by atoms with Gasteiger partial charge in [0.25, 0.3) is 11.5 Å². The molecule has 1 aliphatic carbocycles. The number of likely N-dealkylation sites (tertiary alicyclic amines) is 1. The van der Waals surface area contributed by atoms with Gasteiger partial charge in [-0.25, -0.2) is 0 Å². The van der Waals surface area contributed by atoms with E-state index in [1.807, 2.05) is 6.92 Å². The Labute approximate surface area is 239 Å². The quantitative estimate of drug-likeness (QED) is 0.543. The molecule has 3 atom stereocenters. The number of ether oxygens (including phenoxy) is 4. The van der Waals surface area contributed by atoms with E-state index in [1.165, 1.54) is 33.0 Å². The lowest BCUT2D eigenvalue weighted by molar-refractivity contribution is 0.0199. The summed E-state index contributed by atoms with van der Waals surface area (Å²) < 4.78 is 23.7. The van der Waals surface area contributed by atoms with Crippen LogP contribution in [0.1, 0.15) is 52.9 Å². The summed E-state index contributed by atoms with van der Waals surface area (Å²) in [6.07, 6.45) is 4.44. The lowest BCUT2D eigenvalue weighted by Crippen LogP contribution is -2.43. The number of amides is 1. The second-order valence-corrected chi connectivity index (χ2v) is 12.2. The smallest absolute Gasteiger partial charge is 0.256 e. The topological polar surface area (TPSA) is 102 Å². The highest BCUT2D eigenvalue weighted by Gasteiger charge is 2.42. The van der Waals surface area contributed by atoms with E-state index in [1.54, 1.807) is 19.1 Å². The Bertz CT molecular complexity index is 1330. The van der Waals surface area contributed by atoms with E-state index in [0.29, 0.717) is 75.1 Å². The van der Waals surface area contributed by atoms with Gasteiger partial charge in [-0.15, -0.1) is 0 Å². The molecule has 4 aliphatic rings. The maximum absolute atomic E-state index is 13.2. The second kappa shape index (κ2) is 11.3. The van der Waals surface area contributed by atoms with Gasteiger partial charge in [0.15, 0.2) is 11.5 Å².